The van der Waals surface area contributed by atoms with Crippen molar-refractivity contribution in [3.63, 3.8) is 0 Å². The molecule has 0 atom stereocenters. The number of amides is 1. The molecule has 0 radical (unpaired) electrons. The topological polar surface area (TPSA) is 64.7 Å². The first-order chi connectivity index (χ1) is 11.1. The van der Waals surface area contributed by atoms with Crippen LogP contribution in [0.4, 0.5) is 5.69 Å². The summed E-state index contributed by atoms with van der Waals surface area (Å²) < 4.78 is 3.36. The summed E-state index contributed by atoms with van der Waals surface area (Å²) in [6.07, 6.45) is 8.13. The molecule has 3 rings (SSSR count). The van der Waals surface area contributed by atoms with Gasteiger partial charge in [-0.25, -0.2) is 4.68 Å². The van der Waals surface area contributed by atoms with Crippen LogP contribution in [0.3, 0.4) is 0 Å². The second-order valence-electron chi connectivity index (χ2n) is 5.16. The van der Waals surface area contributed by atoms with Crippen LogP contribution in [0.5, 0.6) is 0 Å². The molecule has 0 spiro atoms. The molecule has 1 aromatic carbocycles. The van der Waals surface area contributed by atoms with Crippen LogP contribution in [0.1, 0.15) is 12.0 Å². The molecule has 0 bridgehead atoms. The van der Waals surface area contributed by atoms with Gasteiger partial charge in [0.2, 0.25) is 5.91 Å². The fourth-order valence-corrected chi connectivity index (χ4v) is 2.58. The van der Waals surface area contributed by atoms with Crippen molar-refractivity contribution in [3.05, 3.63) is 59.6 Å². The molecule has 2 heterocycles. The Hall–Kier alpha value is -2.60. The molecule has 3 aromatic rings. The van der Waals surface area contributed by atoms with Crippen LogP contribution in [0.15, 0.2) is 49.1 Å². The Kier molecular flexibility index (Phi) is 4.43. The van der Waals surface area contributed by atoms with Crippen molar-refractivity contribution < 1.29 is 4.79 Å². The number of hydrogen-bond acceptors (Lipinski definition) is 3. The first kappa shape index (κ1) is 15.3. The predicted octanol–water partition coefficient (Wildman–Crippen LogP) is 2.83. The zero-order valence-electron chi connectivity index (χ0n) is 12.6. The van der Waals surface area contributed by atoms with Crippen molar-refractivity contribution in [3.8, 4) is 5.69 Å². The van der Waals surface area contributed by atoms with E-state index in [1.807, 2.05) is 19.3 Å². The van der Waals surface area contributed by atoms with Gasteiger partial charge in [0.25, 0.3) is 0 Å². The van der Waals surface area contributed by atoms with Gasteiger partial charge in [0.1, 0.15) is 5.69 Å². The van der Waals surface area contributed by atoms with Gasteiger partial charge < -0.3 is 5.32 Å². The summed E-state index contributed by atoms with van der Waals surface area (Å²) in [6, 6.07) is 7.18. The second kappa shape index (κ2) is 6.66. The van der Waals surface area contributed by atoms with Crippen LogP contribution < -0.4 is 5.32 Å². The van der Waals surface area contributed by atoms with Crippen molar-refractivity contribution in [1.82, 2.24) is 19.6 Å². The van der Waals surface area contributed by atoms with E-state index in [0.29, 0.717) is 29.2 Å². The lowest BCUT2D eigenvalue weighted by Crippen LogP contribution is -2.14. The quantitative estimate of drug-likeness (QED) is 0.782. The van der Waals surface area contributed by atoms with E-state index in [-0.39, 0.29) is 5.91 Å². The molecule has 6 nitrogen and oxygen atoms in total. The van der Waals surface area contributed by atoms with E-state index >= 15 is 0 Å². The lowest BCUT2D eigenvalue weighted by Gasteiger charge is -2.12. The summed E-state index contributed by atoms with van der Waals surface area (Å²) in [7, 11) is 1.85. The van der Waals surface area contributed by atoms with Gasteiger partial charge in [-0.2, -0.15) is 10.2 Å². The van der Waals surface area contributed by atoms with Crippen molar-refractivity contribution in [2.24, 2.45) is 7.05 Å². The van der Waals surface area contributed by atoms with Crippen molar-refractivity contribution in [2.75, 3.05) is 5.32 Å². The number of nitrogens with zero attached hydrogens (tertiary/aromatic N) is 4. The summed E-state index contributed by atoms with van der Waals surface area (Å²) in [5.41, 5.74) is 2.33. The Bertz CT molecular complexity index is 810. The summed E-state index contributed by atoms with van der Waals surface area (Å²) in [4.78, 5) is 12.2. The monoisotopic (exact) mass is 329 g/mol. The van der Waals surface area contributed by atoms with Crippen LogP contribution in [0.2, 0.25) is 5.02 Å². The highest BCUT2D eigenvalue weighted by Gasteiger charge is 2.12. The number of para-hydroxylation sites is 1. The van der Waals surface area contributed by atoms with Crippen LogP contribution in [0, 0.1) is 0 Å². The number of aryl methyl sites for hydroxylation is 2. The van der Waals surface area contributed by atoms with Crippen molar-refractivity contribution >= 4 is 23.2 Å². The smallest absolute Gasteiger partial charge is 0.224 e. The third kappa shape index (κ3) is 3.60. The first-order valence-corrected chi connectivity index (χ1v) is 7.57. The second-order valence-corrected chi connectivity index (χ2v) is 5.56. The molecule has 0 saturated heterocycles. The molecule has 1 amide bonds. The number of carbonyl (C=O) groups excluding carboxylic acids is 1. The van der Waals surface area contributed by atoms with Crippen LogP contribution in [-0.2, 0) is 18.3 Å². The molecule has 1 N–H and O–H groups in total. The largest absolute Gasteiger partial charge is 0.324 e. The summed E-state index contributed by atoms with van der Waals surface area (Å²) in [6.45, 7) is 0. The Morgan fingerprint density at radius 2 is 2.17 bits per heavy atom. The molecule has 0 aliphatic heterocycles. The maximum absolute atomic E-state index is 12.2. The summed E-state index contributed by atoms with van der Waals surface area (Å²) in [5, 5.41) is 11.7. The number of rotatable bonds is 5. The Morgan fingerprint density at radius 3 is 2.87 bits per heavy atom. The highest BCUT2D eigenvalue weighted by molar-refractivity contribution is 6.33. The van der Waals surface area contributed by atoms with Gasteiger partial charge in [0, 0.05) is 32.1 Å². The number of halogens is 1. The molecule has 118 valence electrons. The summed E-state index contributed by atoms with van der Waals surface area (Å²) in [5.74, 6) is -0.0791. The molecule has 23 heavy (non-hydrogen) atoms. The summed E-state index contributed by atoms with van der Waals surface area (Å²) >= 11 is 6.26. The standard InChI is InChI=1S/C16H16ClN5O/c1-21-11-12(10-19-21)6-7-15(23)20-14-5-2-4-13(17)16(14)22-9-3-8-18-22/h2-5,8-11H,6-7H2,1H3,(H,20,23). The van der Waals surface area contributed by atoms with Gasteiger partial charge in [-0.1, -0.05) is 17.7 Å². The van der Waals surface area contributed by atoms with Crippen LogP contribution >= 0.6 is 11.6 Å². The average Bonchev–Trinajstić information content (AvgIpc) is 3.17. The molecule has 0 aliphatic rings. The minimum atomic E-state index is -0.0791. The third-order valence-electron chi connectivity index (χ3n) is 3.39. The van der Waals surface area contributed by atoms with Crippen LogP contribution in [-0.4, -0.2) is 25.5 Å². The van der Waals surface area contributed by atoms with Gasteiger partial charge in [-0.3, -0.25) is 9.48 Å². The van der Waals surface area contributed by atoms with Crippen molar-refractivity contribution in [1.29, 1.82) is 0 Å². The van der Waals surface area contributed by atoms with Crippen LogP contribution in [0.25, 0.3) is 5.69 Å². The van der Waals surface area contributed by atoms with E-state index in [0.717, 1.165) is 5.56 Å². The van der Waals surface area contributed by atoms with E-state index in [2.05, 4.69) is 15.5 Å². The molecule has 0 saturated carbocycles. The minimum absolute atomic E-state index is 0.0791. The van der Waals surface area contributed by atoms with Gasteiger partial charge in [0.15, 0.2) is 0 Å². The normalized spacial score (nSPS) is 10.7. The van der Waals surface area contributed by atoms with Gasteiger partial charge >= 0.3 is 0 Å². The average molecular weight is 330 g/mol. The number of anilines is 1. The zero-order valence-corrected chi connectivity index (χ0v) is 13.4. The van der Waals surface area contributed by atoms with Gasteiger partial charge in [0.05, 0.1) is 16.9 Å². The zero-order chi connectivity index (χ0) is 16.2. The number of nitrogens with one attached hydrogen (secondary N) is 1. The van der Waals surface area contributed by atoms with E-state index in [1.54, 1.807) is 46.2 Å². The van der Waals surface area contributed by atoms with E-state index in [1.165, 1.54) is 0 Å². The molecular formula is C16H16ClN5O. The predicted molar refractivity (Wildman–Crippen MR) is 88.7 cm³/mol. The Balaban J connectivity index is 1.72. The minimum Gasteiger partial charge on any atom is -0.324 e. The number of aromatic nitrogens is 4. The molecule has 7 heteroatoms. The molecule has 0 fully saturated rings. The Labute approximate surface area is 138 Å². The first-order valence-electron chi connectivity index (χ1n) is 7.19. The number of carbonyl (C=O) groups is 1. The number of benzene rings is 1. The number of hydrogen-bond donors (Lipinski definition) is 1. The molecule has 0 unspecified atom stereocenters. The van der Waals surface area contributed by atoms with E-state index in [9.17, 15) is 4.79 Å². The molecule has 0 aliphatic carbocycles. The maximum Gasteiger partial charge on any atom is 0.224 e. The van der Waals surface area contributed by atoms with Crippen molar-refractivity contribution in [2.45, 2.75) is 12.8 Å². The van der Waals surface area contributed by atoms with Gasteiger partial charge in [-0.15, -0.1) is 0 Å². The lowest BCUT2D eigenvalue weighted by atomic mass is 10.2. The highest BCUT2D eigenvalue weighted by atomic mass is 35.5. The maximum atomic E-state index is 12.2. The fraction of sp³-hybridized carbons (Fsp3) is 0.188. The highest BCUT2D eigenvalue weighted by Crippen LogP contribution is 2.28. The Morgan fingerprint density at radius 1 is 1.30 bits per heavy atom. The van der Waals surface area contributed by atoms with E-state index in [4.69, 9.17) is 11.6 Å². The third-order valence-corrected chi connectivity index (χ3v) is 3.70. The van der Waals surface area contributed by atoms with Gasteiger partial charge in [-0.05, 0) is 30.2 Å². The molecular weight excluding hydrogens is 314 g/mol. The fourth-order valence-electron chi connectivity index (χ4n) is 2.32. The lowest BCUT2D eigenvalue weighted by molar-refractivity contribution is -0.116. The molecule has 2 aromatic heterocycles. The van der Waals surface area contributed by atoms with E-state index < -0.39 is 0 Å². The SMILES string of the molecule is Cn1cc(CCC(=O)Nc2cccc(Cl)c2-n2cccn2)cn1.